The second kappa shape index (κ2) is 9.61. The quantitative estimate of drug-likeness (QED) is 0.439. The summed E-state index contributed by atoms with van der Waals surface area (Å²) in [6.45, 7) is 2.20. The lowest BCUT2D eigenvalue weighted by molar-refractivity contribution is -0.138. The van der Waals surface area contributed by atoms with Crippen LogP contribution >= 0.6 is 0 Å². The third-order valence-electron chi connectivity index (χ3n) is 5.65. The van der Waals surface area contributed by atoms with E-state index in [1.165, 1.54) is 30.5 Å². The Balaban J connectivity index is 1.68. The number of alkyl halides is 6. The van der Waals surface area contributed by atoms with Crippen LogP contribution in [0.1, 0.15) is 24.0 Å². The van der Waals surface area contributed by atoms with Gasteiger partial charge in [0.1, 0.15) is 5.69 Å². The standard InChI is InChI=1S/C24H21F6N3O/c25-23(26,27)18-5-1-16(2-6-18)21-22(17-3-7-19(8-4-17)24(28,29)30)33-20(13-32-21)34-14-15-9-11-31-12-10-15/h1-8,13,15,31H,9-12,14H2. The summed E-state index contributed by atoms with van der Waals surface area (Å²) in [7, 11) is 0. The molecule has 10 heteroatoms. The summed E-state index contributed by atoms with van der Waals surface area (Å²) in [6, 6.07) is 8.75. The first-order valence-electron chi connectivity index (χ1n) is 10.7. The zero-order chi connectivity index (χ0) is 24.3. The molecule has 0 radical (unpaired) electrons. The van der Waals surface area contributed by atoms with Crippen LogP contribution in [-0.4, -0.2) is 29.7 Å². The van der Waals surface area contributed by atoms with Crippen LogP contribution in [-0.2, 0) is 12.4 Å². The second-order valence-corrected chi connectivity index (χ2v) is 8.06. The predicted molar refractivity (Wildman–Crippen MR) is 114 cm³/mol. The van der Waals surface area contributed by atoms with Gasteiger partial charge >= 0.3 is 12.4 Å². The minimum absolute atomic E-state index is 0.198. The third-order valence-corrected chi connectivity index (χ3v) is 5.65. The summed E-state index contributed by atoms with van der Waals surface area (Å²) in [4.78, 5) is 8.81. The number of halogens is 6. The molecule has 1 aromatic heterocycles. The SMILES string of the molecule is FC(F)(F)c1ccc(-c2ncc(OCC3CCNCC3)nc2-c2ccc(C(F)(F)F)cc2)cc1. The summed E-state index contributed by atoms with van der Waals surface area (Å²) in [5, 5.41) is 3.26. The van der Waals surface area contributed by atoms with E-state index in [9.17, 15) is 26.3 Å². The lowest BCUT2D eigenvalue weighted by atomic mass is 9.99. The first-order chi connectivity index (χ1) is 16.1. The minimum Gasteiger partial charge on any atom is -0.476 e. The van der Waals surface area contributed by atoms with E-state index >= 15 is 0 Å². The van der Waals surface area contributed by atoms with Gasteiger partial charge < -0.3 is 10.1 Å². The maximum atomic E-state index is 13.0. The molecule has 1 N–H and O–H groups in total. The average molecular weight is 481 g/mol. The number of aromatic nitrogens is 2. The highest BCUT2D eigenvalue weighted by Crippen LogP contribution is 2.36. The lowest BCUT2D eigenvalue weighted by Crippen LogP contribution is -2.30. The lowest BCUT2D eigenvalue weighted by Gasteiger charge is -2.22. The van der Waals surface area contributed by atoms with Crippen molar-refractivity contribution in [3.8, 4) is 28.4 Å². The van der Waals surface area contributed by atoms with Crippen molar-refractivity contribution in [2.24, 2.45) is 5.92 Å². The van der Waals surface area contributed by atoms with Gasteiger partial charge in [-0.1, -0.05) is 24.3 Å². The number of hydrogen-bond donors (Lipinski definition) is 1. The third kappa shape index (κ3) is 5.67. The molecule has 34 heavy (non-hydrogen) atoms. The maximum Gasteiger partial charge on any atom is 0.416 e. The van der Waals surface area contributed by atoms with Crippen LogP contribution in [0.5, 0.6) is 5.88 Å². The molecule has 0 saturated carbocycles. The number of ether oxygens (including phenoxy) is 1. The summed E-state index contributed by atoms with van der Waals surface area (Å²) < 4.78 is 83.7. The molecule has 0 spiro atoms. The van der Waals surface area contributed by atoms with Crippen LogP contribution in [0.2, 0.25) is 0 Å². The van der Waals surface area contributed by atoms with Crippen LogP contribution in [0.3, 0.4) is 0 Å². The smallest absolute Gasteiger partial charge is 0.416 e. The largest absolute Gasteiger partial charge is 0.476 e. The summed E-state index contributed by atoms with van der Waals surface area (Å²) in [5.41, 5.74) is -0.497. The van der Waals surface area contributed by atoms with Gasteiger partial charge in [-0.05, 0) is 56.1 Å². The molecule has 0 unspecified atom stereocenters. The Hall–Kier alpha value is -3.14. The van der Waals surface area contributed by atoms with Gasteiger partial charge in [-0.3, -0.25) is 0 Å². The van der Waals surface area contributed by atoms with Gasteiger partial charge in [-0.15, -0.1) is 0 Å². The Labute approximate surface area is 192 Å². The van der Waals surface area contributed by atoms with Crippen molar-refractivity contribution in [2.75, 3.05) is 19.7 Å². The van der Waals surface area contributed by atoms with Gasteiger partial charge in [0.15, 0.2) is 0 Å². The van der Waals surface area contributed by atoms with Gasteiger partial charge in [0.25, 0.3) is 0 Å². The molecule has 4 rings (SSSR count). The fraction of sp³-hybridized carbons (Fsp3) is 0.333. The molecule has 4 nitrogen and oxygen atoms in total. The Bertz CT molecular complexity index is 1110. The number of benzene rings is 2. The van der Waals surface area contributed by atoms with Gasteiger partial charge in [-0.25, -0.2) is 9.97 Å². The molecule has 1 saturated heterocycles. The Morgan fingerprint density at radius 3 is 1.76 bits per heavy atom. The van der Waals surface area contributed by atoms with Crippen molar-refractivity contribution in [3.63, 3.8) is 0 Å². The zero-order valence-corrected chi connectivity index (χ0v) is 17.9. The van der Waals surface area contributed by atoms with Crippen molar-refractivity contribution in [1.29, 1.82) is 0 Å². The van der Waals surface area contributed by atoms with E-state index in [0.29, 0.717) is 23.7 Å². The van der Waals surface area contributed by atoms with Gasteiger partial charge in [-0.2, -0.15) is 26.3 Å². The molecule has 1 aliphatic heterocycles. The molecule has 1 fully saturated rings. The predicted octanol–water partition coefficient (Wildman–Crippen LogP) is 6.23. The van der Waals surface area contributed by atoms with E-state index in [1.54, 1.807) is 0 Å². The number of rotatable bonds is 5. The minimum atomic E-state index is -4.50. The normalized spacial score (nSPS) is 15.4. The molecule has 0 bridgehead atoms. The molecule has 0 aliphatic carbocycles. The fourth-order valence-electron chi connectivity index (χ4n) is 3.74. The first-order valence-corrected chi connectivity index (χ1v) is 10.7. The Morgan fingerprint density at radius 1 is 0.765 bits per heavy atom. The highest BCUT2D eigenvalue weighted by Gasteiger charge is 2.31. The van der Waals surface area contributed by atoms with E-state index < -0.39 is 23.5 Å². The Morgan fingerprint density at radius 2 is 1.26 bits per heavy atom. The number of hydrogen-bond acceptors (Lipinski definition) is 4. The maximum absolute atomic E-state index is 13.0. The van der Waals surface area contributed by atoms with Crippen molar-refractivity contribution >= 4 is 0 Å². The van der Waals surface area contributed by atoms with Crippen molar-refractivity contribution < 1.29 is 31.1 Å². The molecule has 2 aromatic carbocycles. The van der Waals surface area contributed by atoms with Gasteiger partial charge in [0.05, 0.1) is 29.6 Å². The van der Waals surface area contributed by atoms with E-state index in [1.807, 2.05) is 0 Å². The van der Waals surface area contributed by atoms with E-state index in [2.05, 4.69) is 15.3 Å². The van der Waals surface area contributed by atoms with E-state index in [-0.39, 0.29) is 17.3 Å². The van der Waals surface area contributed by atoms with Crippen molar-refractivity contribution in [1.82, 2.24) is 15.3 Å². The average Bonchev–Trinajstić information content (AvgIpc) is 2.82. The Kier molecular flexibility index (Phi) is 6.79. The summed E-state index contributed by atoms with van der Waals surface area (Å²) in [5.74, 6) is 0.538. The molecular weight excluding hydrogens is 460 g/mol. The topological polar surface area (TPSA) is 47.0 Å². The zero-order valence-electron chi connectivity index (χ0n) is 17.9. The fourth-order valence-corrected chi connectivity index (χ4v) is 3.74. The van der Waals surface area contributed by atoms with Crippen LogP contribution in [0.4, 0.5) is 26.3 Å². The second-order valence-electron chi connectivity index (χ2n) is 8.06. The number of piperidine rings is 1. The van der Waals surface area contributed by atoms with Gasteiger partial charge in [0, 0.05) is 11.1 Å². The first kappa shape index (κ1) is 24.0. The number of nitrogens with zero attached hydrogens (tertiary/aromatic N) is 2. The van der Waals surface area contributed by atoms with Crippen molar-refractivity contribution in [2.45, 2.75) is 25.2 Å². The molecule has 0 amide bonds. The van der Waals surface area contributed by atoms with E-state index in [0.717, 1.165) is 50.2 Å². The highest BCUT2D eigenvalue weighted by atomic mass is 19.4. The molecular formula is C24H21F6N3O. The molecule has 3 aromatic rings. The monoisotopic (exact) mass is 481 g/mol. The molecule has 180 valence electrons. The number of nitrogens with one attached hydrogen (secondary N) is 1. The van der Waals surface area contributed by atoms with Crippen molar-refractivity contribution in [3.05, 3.63) is 65.9 Å². The highest BCUT2D eigenvalue weighted by molar-refractivity contribution is 5.78. The van der Waals surface area contributed by atoms with E-state index in [4.69, 9.17) is 4.74 Å². The van der Waals surface area contributed by atoms with Gasteiger partial charge in [0.2, 0.25) is 5.88 Å². The van der Waals surface area contributed by atoms with Crippen LogP contribution in [0, 0.1) is 5.92 Å². The van der Waals surface area contributed by atoms with Crippen LogP contribution in [0.25, 0.3) is 22.5 Å². The van der Waals surface area contributed by atoms with Crippen LogP contribution in [0.15, 0.2) is 54.7 Å². The summed E-state index contributed by atoms with van der Waals surface area (Å²) in [6.07, 6.45) is -5.72. The molecule has 1 aliphatic rings. The molecule has 2 heterocycles. The summed E-state index contributed by atoms with van der Waals surface area (Å²) >= 11 is 0. The molecule has 0 atom stereocenters. The van der Waals surface area contributed by atoms with Crippen LogP contribution < -0.4 is 10.1 Å².